The van der Waals surface area contributed by atoms with Crippen molar-refractivity contribution < 1.29 is 9.59 Å². The highest BCUT2D eigenvalue weighted by molar-refractivity contribution is 6.00. The van der Waals surface area contributed by atoms with Crippen LogP contribution in [0, 0.1) is 0 Å². The molecule has 1 fully saturated rings. The van der Waals surface area contributed by atoms with Crippen molar-refractivity contribution in [1.29, 1.82) is 0 Å². The lowest BCUT2D eigenvalue weighted by molar-refractivity contribution is -0.162. The topological polar surface area (TPSA) is 49.4 Å². The molecule has 4 heteroatoms. The minimum atomic E-state index is -0.713. The van der Waals surface area contributed by atoms with Crippen LogP contribution in [-0.2, 0) is 9.59 Å². The lowest BCUT2D eigenvalue weighted by atomic mass is 9.83. The van der Waals surface area contributed by atoms with E-state index in [0.717, 1.165) is 6.42 Å². The van der Waals surface area contributed by atoms with Crippen LogP contribution in [0.25, 0.3) is 0 Å². The second-order valence-electron chi connectivity index (χ2n) is 6.04. The molecule has 0 bridgehead atoms. The molecule has 1 rings (SSSR count). The lowest BCUT2D eigenvalue weighted by Crippen LogP contribution is -2.73. The van der Waals surface area contributed by atoms with E-state index in [1.165, 1.54) is 0 Å². The minimum absolute atomic E-state index is 0.00711. The van der Waals surface area contributed by atoms with Crippen LogP contribution < -0.4 is 5.32 Å². The van der Waals surface area contributed by atoms with Crippen molar-refractivity contribution in [3.05, 3.63) is 0 Å². The van der Waals surface area contributed by atoms with Gasteiger partial charge in [0.1, 0.15) is 11.6 Å². The van der Waals surface area contributed by atoms with E-state index in [9.17, 15) is 9.59 Å². The molecule has 1 aliphatic rings. The molecular formula is C15H28N2O2. The first-order valence-electron chi connectivity index (χ1n) is 7.45. The highest BCUT2D eigenvalue weighted by Crippen LogP contribution is 2.32. The summed E-state index contributed by atoms with van der Waals surface area (Å²) in [6, 6.07) is -0.339. The highest BCUT2D eigenvalue weighted by atomic mass is 16.2. The van der Waals surface area contributed by atoms with Crippen LogP contribution in [0.15, 0.2) is 0 Å². The monoisotopic (exact) mass is 268 g/mol. The van der Waals surface area contributed by atoms with Crippen molar-refractivity contribution in [3.63, 3.8) is 0 Å². The maximum absolute atomic E-state index is 12.9. The van der Waals surface area contributed by atoms with Gasteiger partial charge in [0.2, 0.25) is 11.8 Å². The second kappa shape index (κ2) is 5.51. The number of nitrogens with one attached hydrogen (secondary N) is 1. The summed E-state index contributed by atoms with van der Waals surface area (Å²) in [7, 11) is 0. The molecule has 0 saturated carbocycles. The van der Waals surface area contributed by atoms with E-state index in [2.05, 4.69) is 12.2 Å². The van der Waals surface area contributed by atoms with Gasteiger partial charge in [-0.2, -0.15) is 0 Å². The summed E-state index contributed by atoms with van der Waals surface area (Å²) in [5.74, 6) is 0.0723. The molecule has 1 aliphatic heterocycles. The SMILES string of the molecule is CCC1C(=O)NC(CC)(CC)C(=O)N1C(C)(C)CC. The molecule has 1 unspecified atom stereocenters. The van der Waals surface area contributed by atoms with Crippen LogP contribution in [0.3, 0.4) is 0 Å². The Kier molecular flexibility index (Phi) is 4.64. The van der Waals surface area contributed by atoms with E-state index in [0.29, 0.717) is 19.3 Å². The molecule has 1 saturated heterocycles. The van der Waals surface area contributed by atoms with Crippen LogP contribution in [0.1, 0.15) is 67.2 Å². The summed E-state index contributed by atoms with van der Waals surface area (Å²) >= 11 is 0. The largest absolute Gasteiger partial charge is 0.340 e. The van der Waals surface area contributed by atoms with E-state index in [-0.39, 0.29) is 23.4 Å². The predicted octanol–water partition coefficient (Wildman–Crippen LogP) is 2.47. The number of piperazine rings is 1. The Labute approximate surface area is 116 Å². The Morgan fingerprint density at radius 1 is 1.16 bits per heavy atom. The number of nitrogens with zero attached hydrogens (tertiary/aromatic N) is 1. The van der Waals surface area contributed by atoms with E-state index in [1.807, 2.05) is 39.5 Å². The van der Waals surface area contributed by atoms with Gasteiger partial charge in [-0.3, -0.25) is 9.59 Å². The number of carbonyl (C=O) groups excluding carboxylic acids is 2. The normalized spacial score (nSPS) is 23.5. The van der Waals surface area contributed by atoms with Gasteiger partial charge in [0, 0.05) is 5.54 Å². The fourth-order valence-corrected chi connectivity index (χ4v) is 2.83. The van der Waals surface area contributed by atoms with Gasteiger partial charge < -0.3 is 10.2 Å². The molecule has 2 amide bonds. The third kappa shape index (κ3) is 2.49. The van der Waals surface area contributed by atoms with Gasteiger partial charge in [0.25, 0.3) is 0 Å². The zero-order valence-corrected chi connectivity index (χ0v) is 13.2. The molecule has 4 nitrogen and oxygen atoms in total. The number of hydrogen-bond acceptors (Lipinski definition) is 2. The molecule has 0 spiro atoms. The second-order valence-corrected chi connectivity index (χ2v) is 6.04. The molecule has 1 atom stereocenters. The molecule has 0 aliphatic carbocycles. The Hall–Kier alpha value is -1.06. The highest BCUT2D eigenvalue weighted by Gasteiger charge is 2.51. The average Bonchev–Trinajstić information content (AvgIpc) is 2.40. The van der Waals surface area contributed by atoms with Crippen LogP contribution in [0.2, 0.25) is 0 Å². The molecule has 0 aromatic heterocycles. The van der Waals surface area contributed by atoms with Crippen LogP contribution >= 0.6 is 0 Å². The first-order chi connectivity index (χ1) is 8.79. The first kappa shape index (κ1) is 16.0. The third-order valence-corrected chi connectivity index (χ3v) is 4.72. The van der Waals surface area contributed by atoms with Gasteiger partial charge in [-0.25, -0.2) is 0 Å². The van der Waals surface area contributed by atoms with E-state index in [4.69, 9.17) is 0 Å². The zero-order chi connectivity index (χ0) is 14.8. The molecule has 1 N–H and O–H groups in total. The quantitative estimate of drug-likeness (QED) is 0.832. The smallest absolute Gasteiger partial charge is 0.249 e. The molecular weight excluding hydrogens is 240 g/mol. The van der Waals surface area contributed by atoms with Gasteiger partial charge in [0.15, 0.2) is 0 Å². The van der Waals surface area contributed by atoms with Gasteiger partial charge in [0.05, 0.1) is 0 Å². The van der Waals surface area contributed by atoms with Gasteiger partial charge in [-0.1, -0.05) is 27.7 Å². The van der Waals surface area contributed by atoms with Crippen molar-refractivity contribution in [2.24, 2.45) is 0 Å². The Bertz CT molecular complexity index is 359. The van der Waals surface area contributed by atoms with Crippen molar-refractivity contribution >= 4 is 11.8 Å². The van der Waals surface area contributed by atoms with Crippen LogP contribution in [-0.4, -0.2) is 33.8 Å². The number of hydrogen-bond donors (Lipinski definition) is 1. The molecule has 19 heavy (non-hydrogen) atoms. The summed E-state index contributed by atoms with van der Waals surface area (Å²) in [5, 5.41) is 2.98. The van der Waals surface area contributed by atoms with E-state index < -0.39 is 5.54 Å². The molecule has 0 aromatic rings. The third-order valence-electron chi connectivity index (χ3n) is 4.72. The maximum Gasteiger partial charge on any atom is 0.249 e. The van der Waals surface area contributed by atoms with Crippen LogP contribution in [0.4, 0.5) is 0 Å². The Morgan fingerprint density at radius 3 is 2.05 bits per heavy atom. The number of amides is 2. The zero-order valence-electron chi connectivity index (χ0n) is 13.2. The van der Waals surface area contributed by atoms with Gasteiger partial charge in [-0.05, 0) is 39.5 Å². The van der Waals surface area contributed by atoms with E-state index in [1.54, 1.807) is 0 Å². The summed E-state index contributed by atoms with van der Waals surface area (Å²) in [4.78, 5) is 27.1. The van der Waals surface area contributed by atoms with Gasteiger partial charge in [-0.15, -0.1) is 0 Å². The summed E-state index contributed by atoms with van der Waals surface area (Å²) in [5.41, 5.74) is -1.000. The summed E-state index contributed by atoms with van der Waals surface area (Å²) in [6.07, 6.45) is 2.78. The lowest BCUT2D eigenvalue weighted by Gasteiger charge is -2.51. The van der Waals surface area contributed by atoms with E-state index >= 15 is 0 Å². The molecule has 110 valence electrons. The van der Waals surface area contributed by atoms with Crippen molar-refractivity contribution in [2.45, 2.75) is 84.3 Å². The fourth-order valence-electron chi connectivity index (χ4n) is 2.83. The van der Waals surface area contributed by atoms with Crippen LogP contribution in [0.5, 0.6) is 0 Å². The maximum atomic E-state index is 12.9. The molecule has 0 radical (unpaired) electrons. The van der Waals surface area contributed by atoms with Crippen molar-refractivity contribution in [3.8, 4) is 0 Å². The standard InChI is InChI=1S/C15H28N2O2/c1-7-11-12(18)16-15(9-3,10-4)13(19)17(11)14(5,6)8-2/h11H,7-10H2,1-6H3,(H,16,18). The molecule has 1 heterocycles. The van der Waals surface area contributed by atoms with Crippen molar-refractivity contribution in [2.75, 3.05) is 0 Å². The summed E-state index contributed by atoms with van der Waals surface area (Å²) < 4.78 is 0. The first-order valence-corrected chi connectivity index (χ1v) is 7.45. The predicted molar refractivity (Wildman–Crippen MR) is 76.8 cm³/mol. The number of rotatable bonds is 5. The van der Waals surface area contributed by atoms with Crippen molar-refractivity contribution in [1.82, 2.24) is 10.2 Å². The number of carbonyl (C=O) groups is 2. The van der Waals surface area contributed by atoms with Gasteiger partial charge >= 0.3 is 0 Å². The fraction of sp³-hybridized carbons (Fsp3) is 0.867. The Morgan fingerprint density at radius 2 is 1.68 bits per heavy atom. The minimum Gasteiger partial charge on any atom is -0.340 e. The average molecular weight is 268 g/mol. The Balaban J connectivity index is 3.28. The molecule has 0 aromatic carbocycles. The summed E-state index contributed by atoms with van der Waals surface area (Å²) in [6.45, 7) is 12.0.